The number of piperazine rings is 1. The van der Waals surface area contributed by atoms with E-state index >= 15 is 0 Å². The smallest absolute Gasteiger partial charge is 0.316 e. The number of primary amides is 1. The van der Waals surface area contributed by atoms with Crippen LogP contribution in [0.2, 0.25) is 0 Å². The summed E-state index contributed by atoms with van der Waals surface area (Å²) in [6, 6.07) is 9.63. The number of nitrogens with zero attached hydrogens (tertiary/aromatic N) is 1. The molecular weight excluding hydrogens is 412 g/mol. The highest BCUT2D eigenvalue weighted by molar-refractivity contribution is 7.18. The summed E-state index contributed by atoms with van der Waals surface area (Å²) in [5.74, 6) is -0.175. The Balaban J connectivity index is 1.54. The van der Waals surface area contributed by atoms with E-state index in [-0.39, 0.29) is 11.9 Å². The average molecular weight is 443 g/mol. The molecule has 1 aromatic heterocycles. The fraction of sp³-hybridized carbons (Fsp3) is 0.455. The van der Waals surface area contributed by atoms with Crippen molar-refractivity contribution in [1.82, 2.24) is 20.9 Å². The average Bonchev–Trinajstić information content (AvgIpc) is 3.19. The van der Waals surface area contributed by atoms with E-state index in [2.05, 4.69) is 38.3 Å². The lowest BCUT2D eigenvalue weighted by atomic mass is 10.1. The van der Waals surface area contributed by atoms with Gasteiger partial charge in [0.2, 0.25) is 0 Å². The number of anilines is 1. The summed E-state index contributed by atoms with van der Waals surface area (Å²) in [5.41, 5.74) is 8.08. The fourth-order valence-corrected chi connectivity index (χ4v) is 5.12. The van der Waals surface area contributed by atoms with E-state index in [1.165, 1.54) is 16.9 Å². The van der Waals surface area contributed by atoms with Crippen molar-refractivity contribution in [2.45, 2.75) is 25.4 Å². The third-order valence-corrected chi connectivity index (χ3v) is 6.84. The van der Waals surface area contributed by atoms with Crippen molar-refractivity contribution >= 4 is 29.0 Å². The Hall–Kier alpha value is -2.46. The van der Waals surface area contributed by atoms with Crippen LogP contribution in [0.25, 0.3) is 10.4 Å². The predicted molar refractivity (Wildman–Crippen MR) is 124 cm³/mol. The van der Waals surface area contributed by atoms with Gasteiger partial charge in [0.25, 0.3) is 5.91 Å². The van der Waals surface area contributed by atoms with Crippen molar-refractivity contribution in [1.29, 1.82) is 0 Å². The van der Waals surface area contributed by atoms with Crippen molar-refractivity contribution in [3.05, 3.63) is 40.8 Å². The highest BCUT2D eigenvalue weighted by atomic mass is 32.1. The summed E-state index contributed by atoms with van der Waals surface area (Å²) in [7, 11) is 0. The molecule has 2 aromatic rings. The standard InChI is InChI=1S/C22H30N6O2S/c23-22(30)27-18-12-19(31-20(18)21(29)26-17-5-2-6-25-13-17)16-4-1-3-15(11-16)14-28-9-7-24-8-10-28/h1,3-4,11-12,17,24-25H,2,5-10,13-14H2,(H,26,29)(H3,23,27,30)/t17-/m0/s1. The van der Waals surface area contributed by atoms with Crippen LogP contribution in [0.3, 0.4) is 0 Å². The minimum absolute atomic E-state index is 0.0931. The summed E-state index contributed by atoms with van der Waals surface area (Å²) >= 11 is 1.38. The first-order valence-corrected chi connectivity index (χ1v) is 11.6. The van der Waals surface area contributed by atoms with Crippen molar-refractivity contribution in [3.8, 4) is 10.4 Å². The highest BCUT2D eigenvalue weighted by Crippen LogP contribution is 2.35. The molecule has 2 saturated heterocycles. The normalized spacial score (nSPS) is 19.7. The Morgan fingerprint density at radius 1 is 1.16 bits per heavy atom. The maximum Gasteiger partial charge on any atom is 0.316 e. The van der Waals surface area contributed by atoms with E-state index in [9.17, 15) is 9.59 Å². The monoisotopic (exact) mass is 442 g/mol. The molecule has 3 heterocycles. The molecule has 0 unspecified atom stereocenters. The maximum absolute atomic E-state index is 13.0. The molecule has 2 aliphatic heterocycles. The summed E-state index contributed by atoms with van der Waals surface area (Å²) in [6.07, 6.45) is 1.98. The molecule has 3 amide bonds. The Morgan fingerprint density at radius 3 is 2.74 bits per heavy atom. The van der Waals surface area contributed by atoms with Crippen LogP contribution in [0.15, 0.2) is 30.3 Å². The van der Waals surface area contributed by atoms with Gasteiger partial charge >= 0.3 is 6.03 Å². The Bertz CT molecular complexity index is 918. The Morgan fingerprint density at radius 2 is 2.00 bits per heavy atom. The van der Waals surface area contributed by atoms with Gasteiger partial charge in [0, 0.05) is 50.2 Å². The molecule has 1 atom stereocenters. The van der Waals surface area contributed by atoms with Crippen LogP contribution in [-0.4, -0.2) is 62.1 Å². The molecule has 9 heteroatoms. The molecule has 4 rings (SSSR count). The van der Waals surface area contributed by atoms with Crippen molar-refractivity contribution < 1.29 is 9.59 Å². The van der Waals surface area contributed by atoms with Crippen molar-refractivity contribution in [3.63, 3.8) is 0 Å². The van der Waals surface area contributed by atoms with Crippen LogP contribution in [0.1, 0.15) is 28.1 Å². The minimum atomic E-state index is -0.676. The van der Waals surface area contributed by atoms with E-state index in [0.29, 0.717) is 10.6 Å². The molecular formula is C22H30N6O2S. The number of nitrogens with one attached hydrogen (secondary N) is 4. The molecule has 0 radical (unpaired) electrons. The van der Waals surface area contributed by atoms with Gasteiger partial charge in [-0.2, -0.15) is 0 Å². The van der Waals surface area contributed by atoms with Gasteiger partial charge in [0.05, 0.1) is 5.69 Å². The number of nitrogens with two attached hydrogens (primary N) is 1. The van der Waals surface area contributed by atoms with Gasteiger partial charge in [-0.05, 0) is 42.6 Å². The second-order valence-electron chi connectivity index (χ2n) is 8.09. The third-order valence-electron chi connectivity index (χ3n) is 5.66. The predicted octanol–water partition coefficient (Wildman–Crippen LogP) is 1.79. The lowest BCUT2D eigenvalue weighted by Crippen LogP contribution is -2.45. The molecule has 0 spiro atoms. The van der Waals surface area contributed by atoms with Gasteiger partial charge in [-0.15, -0.1) is 11.3 Å². The van der Waals surface area contributed by atoms with Crippen LogP contribution in [-0.2, 0) is 6.54 Å². The van der Waals surface area contributed by atoms with E-state index < -0.39 is 6.03 Å². The molecule has 1 aromatic carbocycles. The van der Waals surface area contributed by atoms with Crippen LogP contribution in [0.5, 0.6) is 0 Å². The molecule has 0 aliphatic carbocycles. The molecule has 0 saturated carbocycles. The molecule has 8 nitrogen and oxygen atoms in total. The summed E-state index contributed by atoms with van der Waals surface area (Å²) in [6.45, 7) is 6.75. The van der Waals surface area contributed by atoms with Gasteiger partial charge in [0.1, 0.15) is 4.88 Å². The number of rotatable bonds is 6. The first-order chi connectivity index (χ1) is 15.1. The number of carbonyl (C=O) groups excluding carboxylic acids is 2. The highest BCUT2D eigenvalue weighted by Gasteiger charge is 2.22. The zero-order chi connectivity index (χ0) is 21.6. The first kappa shape index (κ1) is 21.8. The van der Waals surface area contributed by atoms with Gasteiger partial charge in [0.15, 0.2) is 0 Å². The number of amides is 3. The molecule has 166 valence electrons. The van der Waals surface area contributed by atoms with Crippen LogP contribution >= 0.6 is 11.3 Å². The van der Waals surface area contributed by atoms with E-state index in [0.717, 1.165) is 69.1 Å². The lowest BCUT2D eigenvalue weighted by molar-refractivity contribution is 0.0935. The van der Waals surface area contributed by atoms with Crippen molar-refractivity contribution in [2.24, 2.45) is 5.73 Å². The Labute approximate surface area is 186 Å². The third kappa shape index (κ3) is 5.82. The minimum Gasteiger partial charge on any atom is -0.351 e. The number of hydrogen-bond donors (Lipinski definition) is 5. The molecule has 2 aliphatic rings. The second-order valence-corrected chi connectivity index (χ2v) is 9.14. The van der Waals surface area contributed by atoms with Gasteiger partial charge in [-0.1, -0.05) is 18.2 Å². The number of piperidine rings is 1. The zero-order valence-electron chi connectivity index (χ0n) is 17.6. The van der Waals surface area contributed by atoms with Gasteiger partial charge in [-0.25, -0.2) is 4.79 Å². The van der Waals surface area contributed by atoms with Gasteiger partial charge < -0.3 is 27.0 Å². The summed E-state index contributed by atoms with van der Waals surface area (Å²) in [5, 5.41) is 12.4. The molecule has 2 fully saturated rings. The molecule has 6 N–H and O–H groups in total. The SMILES string of the molecule is NC(=O)Nc1cc(-c2cccc(CN3CCNCC3)c2)sc1C(=O)N[C@H]1CCCNC1. The number of thiophene rings is 1. The zero-order valence-corrected chi connectivity index (χ0v) is 18.4. The second kappa shape index (κ2) is 10.2. The van der Waals surface area contributed by atoms with E-state index in [1.807, 2.05) is 18.2 Å². The van der Waals surface area contributed by atoms with E-state index in [4.69, 9.17) is 5.73 Å². The molecule has 0 bridgehead atoms. The fourth-order valence-electron chi connectivity index (χ4n) is 4.10. The van der Waals surface area contributed by atoms with Gasteiger partial charge in [-0.3, -0.25) is 9.69 Å². The largest absolute Gasteiger partial charge is 0.351 e. The molecule has 31 heavy (non-hydrogen) atoms. The lowest BCUT2D eigenvalue weighted by Gasteiger charge is -2.27. The number of hydrogen-bond acceptors (Lipinski definition) is 6. The van der Waals surface area contributed by atoms with Crippen LogP contribution in [0, 0.1) is 0 Å². The maximum atomic E-state index is 13.0. The number of benzene rings is 1. The quantitative estimate of drug-likeness (QED) is 0.468. The summed E-state index contributed by atoms with van der Waals surface area (Å²) in [4.78, 5) is 28.3. The number of carbonyl (C=O) groups is 2. The van der Waals surface area contributed by atoms with Crippen LogP contribution in [0.4, 0.5) is 10.5 Å². The summed E-state index contributed by atoms with van der Waals surface area (Å²) < 4.78 is 0. The van der Waals surface area contributed by atoms with Crippen LogP contribution < -0.4 is 27.0 Å². The van der Waals surface area contributed by atoms with E-state index in [1.54, 1.807) is 0 Å². The first-order valence-electron chi connectivity index (χ1n) is 10.8. The topological polar surface area (TPSA) is 112 Å². The number of urea groups is 1. The Kier molecular flexibility index (Phi) is 7.18. The van der Waals surface area contributed by atoms with Crippen molar-refractivity contribution in [2.75, 3.05) is 44.6 Å².